The predicted octanol–water partition coefficient (Wildman–Crippen LogP) is 1.39. The van der Waals surface area contributed by atoms with E-state index in [0.717, 1.165) is 0 Å². The number of carbonyl (C=O) groups is 3. The molecule has 3 N–H and O–H groups in total. The van der Waals surface area contributed by atoms with Crippen molar-refractivity contribution in [3.63, 3.8) is 0 Å². The predicted molar refractivity (Wildman–Crippen MR) is 88.3 cm³/mol. The number of fused-ring (bicyclic) bond motifs is 1. The maximum Gasteiger partial charge on any atom is 0.264 e. The minimum Gasteiger partial charge on any atom is -0.481 e. The summed E-state index contributed by atoms with van der Waals surface area (Å²) in [4.78, 5) is 37.2. The average molecular weight is 325 g/mol. The second kappa shape index (κ2) is 6.04. The van der Waals surface area contributed by atoms with E-state index >= 15 is 0 Å². The van der Waals surface area contributed by atoms with E-state index in [2.05, 4.69) is 5.32 Å². The van der Waals surface area contributed by atoms with Crippen LogP contribution in [0.2, 0.25) is 0 Å². The molecule has 7 heteroatoms. The van der Waals surface area contributed by atoms with E-state index < -0.39 is 11.8 Å². The Hall–Kier alpha value is -3.35. The Morgan fingerprint density at radius 3 is 2.58 bits per heavy atom. The van der Waals surface area contributed by atoms with E-state index in [1.54, 1.807) is 43.4 Å². The molecule has 0 atom stereocenters. The highest BCUT2D eigenvalue weighted by atomic mass is 16.5. The highest BCUT2D eigenvalue weighted by molar-refractivity contribution is 6.11. The van der Waals surface area contributed by atoms with Gasteiger partial charge in [0.2, 0.25) is 0 Å². The summed E-state index contributed by atoms with van der Waals surface area (Å²) in [5.41, 5.74) is 6.62. The molecule has 0 spiro atoms. The number of nitrogens with zero attached hydrogens (tertiary/aromatic N) is 1. The van der Waals surface area contributed by atoms with Gasteiger partial charge in [0.25, 0.3) is 17.7 Å². The van der Waals surface area contributed by atoms with E-state index in [4.69, 9.17) is 10.5 Å². The van der Waals surface area contributed by atoms with Gasteiger partial charge >= 0.3 is 0 Å². The van der Waals surface area contributed by atoms with Crippen molar-refractivity contribution in [2.75, 3.05) is 23.9 Å². The monoisotopic (exact) mass is 325 g/mol. The summed E-state index contributed by atoms with van der Waals surface area (Å²) >= 11 is 0. The highest BCUT2D eigenvalue weighted by Crippen LogP contribution is 2.35. The number of para-hydroxylation sites is 2. The minimum atomic E-state index is -0.637. The van der Waals surface area contributed by atoms with E-state index in [1.807, 2.05) is 0 Å². The molecular formula is C17H15N3O4. The molecule has 0 bridgehead atoms. The summed E-state index contributed by atoms with van der Waals surface area (Å²) in [5, 5.41) is 2.66. The minimum absolute atomic E-state index is 0.133. The topological polar surface area (TPSA) is 102 Å². The van der Waals surface area contributed by atoms with Gasteiger partial charge in [0.05, 0.1) is 22.5 Å². The van der Waals surface area contributed by atoms with E-state index in [-0.39, 0.29) is 23.6 Å². The van der Waals surface area contributed by atoms with E-state index in [0.29, 0.717) is 17.1 Å². The lowest BCUT2D eigenvalue weighted by molar-refractivity contribution is -0.121. The van der Waals surface area contributed by atoms with Crippen LogP contribution in [0, 0.1) is 0 Å². The number of carbonyl (C=O) groups excluding carboxylic acids is 3. The quantitative estimate of drug-likeness (QED) is 0.890. The Morgan fingerprint density at radius 2 is 1.83 bits per heavy atom. The fraction of sp³-hybridized carbons (Fsp3) is 0.118. The van der Waals surface area contributed by atoms with Crippen molar-refractivity contribution in [1.29, 1.82) is 0 Å². The Kier molecular flexibility index (Phi) is 3.91. The molecule has 7 nitrogen and oxygen atoms in total. The number of hydrogen-bond acceptors (Lipinski definition) is 4. The van der Waals surface area contributed by atoms with Gasteiger partial charge in [-0.1, -0.05) is 18.2 Å². The molecule has 24 heavy (non-hydrogen) atoms. The Morgan fingerprint density at radius 1 is 1.12 bits per heavy atom. The van der Waals surface area contributed by atoms with Gasteiger partial charge in [-0.25, -0.2) is 0 Å². The number of ether oxygens (including phenoxy) is 1. The number of rotatable bonds is 3. The molecule has 0 aliphatic carbocycles. The number of amides is 3. The lowest BCUT2D eigenvalue weighted by atomic mass is 10.1. The highest BCUT2D eigenvalue weighted by Gasteiger charge is 2.27. The Labute approximate surface area is 138 Å². The zero-order valence-electron chi connectivity index (χ0n) is 12.9. The molecule has 0 unspecified atom stereocenters. The molecule has 0 radical (unpaired) electrons. The van der Waals surface area contributed by atoms with Gasteiger partial charge in [-0.3, -0.25) is 14.4 Å². The number of nitrogens with one attached hydrogen (secondary N) is 1. The maximum atomic E-state index is 12.6. The van der Waals surface area contributed by atoms with Gasteiger partial charge in [-0.15, -0.1) is 0 Å². The van der Waals surface area contributed by atoms with Crippen LogP contribution in [0.3, 0.4) is 0 Å². The first kappa shape index (κ1) is 15.5. The summed E-state index contributed by atoms with van der Waals surface area (Å²) in [6.45, 7) is -0.133. The summed E-state index contributed by atoms with van der Waals surface area (Å²) in [6.07, 6.45) is 0. The molecule has 0 saturated carbocycles. The van der Waals surface area contributed by atoms with Crippen LogP contribution in [-0.4, -0.2) is 31.4 Å². The van der Waals surface area contributed by atoms with Crippen LogP contribution in [-0.2, 0) is 4.79 Å². The molecule has 2 aromatic carbocycles. The summed E-state index contributed by atoms with van der Waals surface area (Å²) in [6, 6.07) is 11.4. The Bertz CT molecular complexity index is 847. The zero-order chi connectivity index (χ0) is 17.3. The molecular weight excluding hydrogens is 310 g/mol. The fourth-order valence-electron chi connectivity index (χ4n) is 2.48. The van der Waals surface area contributed by atoms with Gasteiger partial charge in [0, 0.05) is 7.05 Å². The first-order chi connectivity index (χ1) is 11.5. The SMILES string of the molecule is CN1C(=O)COc2c(C(=O)Nc3ccccc3C(N)=O)cccc21. The molecule has 0 saturated heterocycles. The number of likely N-dealkylation sites (N-methyl/N-ethyl adjacent to an activating group) is 1. The van der Waals surface area contributed by atoms with Crippen molar-refractivity contribution >= 4 is 29.1 Å². The number of hydrogen-bond donors (Lipinski definition) is 2. The molecule has 0 aromatic heterocycles. The van der Waals surface area contributed by atoms with Crippen molar-refractivity contribution < 1.29 is 19.1 Å². The molecule has 122 valence electrons. The molecule has 1 aliphatic heterocycles. The fourth-order valence-corrected chi connectivity index (χ4v) is 2.48. The van der Waals surface area contributed by atoms with Crippen LogP contribution in [0.15, 0.2) is 42.5 Å². The number of benzene rings is 2. The van der Waals surface area contributed by atoms with Gasteiger partial charge in [0.1, 0.15) is 0 Å². The molecule has 3 amide bonds. The second-order valence-electron chi connectivity index (χ2n) is 5.26. The third kappa shape index (κ3) is 2.67. The van der Waals surface area contributed by atoms with Gasteiger partial charge in [-0.05, 0) is 24.3 Å². The van der Waals surface area contributed by atoms with E-state index in [9.17, 15) is 14.4 Å². The lowest BCUT2D eigenvalue weighted by Crippen LogP contribution is -2.36. The zero-order valence-corrected chi connectivity index (χ0v) is 12.9. The summed E-state index contributed by atoms with van der Waals surface area (Å²) in [5.74, 6) is -0.960. The number of anilines is 2. The van der Waals surface area contributed by atoms with Gasteiger partial charge in [-0.2, -0.15) is 0 Å². The molecule has 0 fully saturated rings. The third-order valence-corrected chi connectivity index (χ3v) is 3.76. The van der Waals surface area contributed by atoms with Crippen LogP contribution in [0.1, 0.15) is 20.7 Å². The first-order valence-corrected chi connectivity index (χ1v) is 7.21. The first-order valence-electron chi connectivity index (χ1n) is 7.21. The molecule has 1 heterocycles. The second-order valence-corrected chi connectivity index (χ2v) is 5.26. The van der Waals surface area contributed by atoms with Crippen molar-refractivity contribution in [3.8, 4) is 5.75 Å². The number of nitrogens with two attached hydrogens (primary N) is 1. The van der Waals surface area contributed by atoms with Crippen LogP contribution in [0.4, 0.5) is 11.4 Å². The normalized spacial score (nSPS) is 13.0. The van der Waals surface area contributed by atoms with E-state index in [1.165, 1.54) is 11.0 Å². The Balaban J connectivity index is 1.95. The molecule has 2 aromatic rings. The molecule has 1 aliphatic rings. The average Bonchev–Trinajstić information content (AvgIpc) is 2.58. The largest absolute Gasteiger partial charge is 0.481 e. The lowest BCUT2D eigenvalue weighted by Gasteiger charge is -2.27. The van der Waals surface area contributed by atoms with Crippen molar-refractivity contribution in [2.24, 2.45) is 5.73 Å². The summed E-state index contributed by atoms with van der Waals surface area (Å²) < 4.78 is 5.43. The van der Waals surface area contributed by atoms with Crippen molar-refractivity contribution in [2.45, 2.75) is 0 Å². The smallest absolute Gasteiger partial charge is 0.264 e. The van der Waals surface area contributed by atoms with Crippen LogP contribution < -0.4 is 20.7 Å². The van der Waals surface area contributed by atoms with Gasteiger partial charge < -0.3 is 20.7 Å². The van der Waals surface area contributed by atoms with Crippen LogP contribution in [0.5, 0.6) is 5.75 Å². The number of primary amides is 1. The van der Waals surface area contributed by atoms with Crippen LogP contribution in [0.25, 0.3) is 0 Å². The van der Waals surface area contributed by atoms with Crippen LogP contribution >= 0.6 is 0 Å². The maximum absolute atomic E-state index is 12.6. The summed E-state index contributed by atoms with van der Waals surface area (Å²) in [7, 11) is 1.62. The third-order valence-electron chi connectivity index (χ3n) is 3.76. The van der Waals surface area contributed by atoms with Gasteiger partial charge in [0.15, 0.2) is 12.4 Å². The molecule has 3 rings (SSSR count). The van der Waals surface area contributed by atoms with Crippen molar-refractivity contribution in [1.82, 2.24) is 0 Å². The standard InChI is InChI=1S/C17H15N3O4/c1-20-13-8-4-6-11(15(13)24-9-14(20)21)17(23)19-12-7-3-2-5-10(12)16(18)22/h2-8H,9H2,1H3,(H2,18,22)(H,19,23). The van der Waals surface area contributed by atoms with Crippen molar-refractivity contribution in [3.05, 3.63) is 53.6 Å².